The van der Waals surface area contributed by atoms with E-state index in [0.717, 1.165) is 25.7 Å². The van der Waals surface area contributed by atoms with Crippen molar-refractivity contribution in [2.24, 2.45) is 5.73 Å². The molecule has 78 valence electrons. The van der Waals surface area contributed by atoms with Crippen LogP contribution in [0.2, 0.25) is 0 Å². The van der Waals surface area contributed by atoms with E-state index in [-0.39, 0.29) is 0 Å². The zero-order valence-corrected chi connectivity index (χ0v) is 9.29. The van der Waals surface area contributed by atoms with Crippen molar-refractivity contribution in [2.45, 2.75) is 45.6 Å². The Morgan fingerprint density at radius 2 is 1.64 bits per heavy atom. The van der Waals surface area contributed by atoms with Gasteiger partial charge < -0.3 is 5.73 Å². The molecule has 14 heavy (non-hydrogen) atoms. The highest BCUT2D eigenvalue weighted by atomic mass is 14.6. The van der Waals surface area contributed by atoms with Gasteiger partial charge in [0.15, 0.2) is 0 Å². The molecule has 1 aromatic carbocycles. The van der Waals surface area contributed by atoms with Crippen LogP contribution in [0.3, 0.4) is 0 Å². The largest absolute Gasteiger partial charge is 0.328 e. The maximum Gasteiger partial charge on any atom is 0.00393 e. The standard InChI is InChI=1S/C13H21N/c1-3-11-5-7-12(8-6-11)9-10-13(14)4-2/h5-8,13H,3-4,9-10,14H2,1-2H3. The highest BCUT2D eigenvalue weighted by Crippen LogP contribution is 2.08. The minimum atomic E-state index is 0.362. The van der Waals surface area contributed by atoms with Crippen LogP contribution < -0.4 is 5.73 Å². The molecule has 0 fully saturated rings. The third-order valence-electron chi connectivity index (χ3n) is 2.76. The molecule has 0 heterocycles. The van der Waals surface area contributed by atoms with Gasteiger partial charge in [0.1, 0.15) is 0 Å². The number of benzene rings is 1. The molecule has 1 atom stereocenters. The Hall–Kier alpha value is -0.820. The van der Waals surface area contributed by atoms with Gasteiger partial charge in [0.05, 0.1) is 0 Å². The Bertz CT molecular complexity index is 250. The van der Waals surface area contributed by atoms with Crippen molar-refractivity contribution < 1.29 is 0 Å². The Balaban J connectivity index is 2.43. The smallest absolute Gasteiger partial charge is 0.00393 e. The maximum absolute atomic E-state index is 5.88. The molecule has 0 spiro atoms. The average Bonchev–Trinajstić information content (AvgIpc) is 2.26. The van der Waals surface area contributed by atoms with Crippen LogP contribution in [0.1, 0.15) is 37.8 Å². The quantitative estimate of drug-likeness (QED) is 0.761. The van der Waals surface area contributed by atoms with Crippen LogP contribution in [-0.2, 0) is 12.8 Å². The summed E-state index contributed by atoms with van der Waals surface area (Å²) in [5.74, 6) is 0. The summed E-state index contributed by atoms with van der Waals surface area (Å²) in [6.45, 7) is 4.33. The van der Waals surface area contributed by atoms with Crippen molar-refractivity contribution in [3.8, 4) is 0 Å². The van der Waals surface area contributed by atoms with E-state index >= 15 is 0 Å². The number of hydrogen-bond acceptors (Lipinski definition) is 1. The molecule has 1 aromatic rings. The molecule has 1 heteroatoms. The van der Waals surface area contributed by atoms with E-state index < -0.39 is 0 Å². The van der Waals surface area contributed by atoms with Crippen LogP contribution in [0.25, 0.3) is 0 Å². The van der Waals surface area contributed by atoms with E-state index in [9.17, 15) is 0 Å². The summed E-state index contributed by atoms with van der Waals surface area (Å²) in [7, 11) is 0. The Labute approximate surface area is 87.3 Å². The van der Waals surface area contributed by atoms with Crippen molar-refractivity contribution in [3.63, 3.8) is 0 Å². The molecule has 0 saturated carbocycles. The van der Waals surface area contributed by atoms with Crippen LogP contribution in [0, 0.1) is 0 Å². The third-order valence-corrected chi connectivity index (χ3v) is 2.76. The van der Waals surface area contributed by atoms with Gasteiger partial charge in [-0.3, -0.25) is 0 Å². The molecule has 0 radical (unpaired) electrons. The van der Waals surface area contributed by atoms with E-state index in [0.29, 0.717) is 6.04 Å². The van der Waals surface area contributed by atoms with Crippen LogP contribution in [0.15, 0.2) is 24.3 Å². The molecule has 0 saturated heterocycles. The van der Waals surface area contributed by atoms with Crippen molar-refractivity contribution in [1.29, 1.82) is 0 Å². The SMILES string of the molecule is CCc1ccc(CCC(N)CC)cc1. The minimum absolute atomic E-state index is 0.362. The number of hydrogen-bond donors (Lipinski definition) is 1. The van der Waals surface area contributed by atoms with Crippen molar-refractivity contribution >= 4 is 0 Å². The van der Waals surface area contributed by atoms with Gasteiger partial charge in [0.2, 0.25) is 0 Å². The molecule has 0 aliphatic heterocycles. The minimum Gasteiger partial charge on any atom is -0.328 e. The fraction of sp³-hybridized carbons (Fsp3) is 0.538. The Kier molecular flexibility index (Phi) is 4.68. The Morgan fingerprint density at radius 1 is 1.07 bits per heavy atom. The van der Waals surface area contributed by atoms with Crippen LogP contribution in [-0.4, -0.2) is 6.04 Å². The highest BCUT2D eigenvalue weighted by molar-refractivity contribution is 5.22. The zero-order valence-electron chi connectivity index (χ0n) is 9.29. The van der Waals surface area contributed by atoms with E-state index in [4.69, 9.17) is 5.73 Å². The van der Waals surface area contributed by atoms with Crippen molar-refractivity contribution in [3.05, 3.63) is 35.4 Å². The lowest BCUT2D eigenvalue weighted by atomic mass is 10.0. The first-order valence-corrected chi connectivity index (χ1v) is 5.59. The summed E-state index contributed by atoms with van der Waals surface area (Å²) in [6.07, 6.45) is 4.41. The zero-order chi connectivity index (χ0) is 10.4. The van der Waals surface area contributed by atoms with E-state index in [1.807, 2.05) is 0 Å². The molecule has 1 rings (SSSR count). The predicted octanol–water partition coefficient (Wildman–Crippen LogP) is 2.92. The average molecular weight is 191 g/mol. The summed E-state index contributed by atoms with van der Waals surface area (Å²) in [4.78, 5) is 0. The highest BCUT2D eigenvalue weighted by Gasteiger charge is 1.99. The second-order valence-electron chi connectivity index (χ2n) is 3.88. The van der Waals surface area contributed by atoms with E-state index in [1.165, 1.54) is 11.1 Å². The Morgan fingerprint density at radius 3 is 2.14 bits per heavy atom. The molecular formula is C13H21N. The van der Waals surface area contributed by atoms with E-state index in [1.54, 1.807) is 0 Å². The second-order valence-corrected chi connectivity index (χ2v) is 3.88. The first-order chi connectivity index (χ1) is 6.76. The first-order valence-electron chi connectivity index (χ1n) is 5.59. The van der Waals surface area contributed by atoms with Crippen LogP contribution in [0.4, 0.5) is 0 Å². The molecule has 0 aliphatic carbocycles. The van der Waals surface area contributed by atoms with Gasteiger partial charge in [-0.05, 0) is 36.8 Å². The first kappa shape index (κ1) is 11.3. The second kappa shape index (κ2) is 5.82. The number of aryl methyl sites for hydroxylation is 2. The topological polar surface area (TPSA) is 26.0 Å². The third kappa shape index (κ3) is 3.51. The molecule has 0 bridgehead atoms. The van der Waals surface area contributed by atoms with Crippen LogP contribution >= 0.6 is 0 Å². The predicted molar refractivity (Wildman–Crippen MR) is 62.4 cm³/mol. The summed E-state index contributed by atoms with van der Waals surface area (Å²) in [6, 6.07) is 9.24. The van der Waals surface area contributed by atoms with Crippen molar-refractivity contribution in [2.75, 3.05) is 0 Å². The lowest BCUT2D eigenvalue weighted by molar-refractivity contribution is 0.596. The maximum atomic E-state index is 5.88. The molecule has 1 nitrogen and oxygen atoms in total. The molecule has 1 unspecified atom stereocenters. The summed E-state index contributed by atoms with van der Waals surface area (Å²) in [5, 5.41) is 0. The van der Waals surface area contributed by atoms with Gasteiger partial charge in [-0.15, -0.1) is 0 Å². The van der Waals surface area contributed by atoms with Gasteiger partial charge in [0, 0.05) is 6.04 Å². The molecular weight excluding hydrogens is 170 g/mol. The lowest BCUT2D eigenvalue weighted by Crippen LogP contribution is -2.19. The van der Waals surface area contributed by atoms with Gasteiger partial charge >= 0.3 is 0 Å². The monoisotopic (exact) mass is 191 g/mol. The lowest BCUT2D eigenvalue weighted by Gasteiger charge is -2.08. The van der Waals surface area contributed by atoms with E-state index in [2.05, 4.69) is 38.1 Å². The summed E-state index contributed by atoms with van der Waals surface area (Å²) >= 11 is 0. The normalized spacial score (nSPS) is 12.8. The molecule has 0 aliphatic rings. The molecule has 0 aromatic heterocycles. The molecule has 0 amide bonds. The summed E-state index contributed by atoms with van der Waals surface area (Å²) < 4.78 is 0. The van der Waals surface area contributed by atoms with Crippen molar-refractivity contribution in [1.82, 2.24) is 0 Å². The van der Waals surface area contributed by atoms with Gasteiger partial charge in [0.25, 0.3) is 0 Å². The van der Waals surface area contributed by atoms with Crippen LogP contribution in [0.5, 0.6) is 0 Å². The summed E-state index contributed by atoms with van der Waals surface area (Å²) in [5.41, 5.74) is 8.70. The van der Waals surface area contributed by atoms with Gasteiger partial charge in [-0.1, -0.05) is 38.1 Å². The number of nitrogens with two attached hydrogens (primary N) is 1. The van der Waals surface area contributed by atoms with Gasteiger partial charge in [-0.2, -0.15) is 0 Å². The fourth-order valence-electron chi connectivity index (χ4n) is 1.50. The molecule has 2 N–H and O–H groups in total. The number of rotatable bonds is 5. The fourth-order valence-corrected chi connectivity index (χ4v) is 1.50. The van der Waals surface area contributed by atoms with Gasteiger partial charge in [-0.25, -0.2) is 0 Å².